The van der Waals surface area contributed by atoms with Crippen molar-refractivity contribution in [2.45, 2.75) is 19.8 Å². The summed E-state index contributed by atoms with van der Waals surface area (Å²) in [6.45, 7) is 2.98. The predicted molar refractivity (Wildman–Crippen MR) is 60.8 cm³/mol. The lowest BCUT2D eigenvalue weighted by molar-refractivity contribution is 0.102. The molecule has 0 unspecified atom stereocenters. The van der Waals surface area contributed by atoms with Crippen LogP contribution in [0.25, 0.3) is 0 Å². The van der Waals surface area contributed by atoms with Gasteiger partial charge in [0.1, 0.15) is 0 Å². The Kier molecular flexibility index (Phi) is 2.86. The fourth-order valence-electron chi connectivity index (χ4n) is 1.80. The Labute approximate surface area is 90.0 Å². The smallest absolute Gasteiger partial charge is 0.190 e. The maximum absolute atomic E-state index is 12.0. The zero-order valence-corrected chi connectivity index (χ0v) is 8.92. The van der Waals surface area contributed by atoms with Gasteiger partial charge in [-0.1, -0.05) is 23.8 Å². The van der Waals surface area contributed by atoms with Gasteiger partial charge in [0.05, 0.1) is 0 Å². The molecule has 0 saturated carbocycles. The average molecular weight is 201 g/mol. The summed E-state index contributed by atoms with van der Waals surface area (Å²) in [5, 5.41) is 3.12. The minimum atomic E-state index is 0.158. The number of carbonyl (C=O) groups is 1. The summed E-state index contributed by atoms with van der Waals surface area (Å²) < 4.78 is 0. The van der Waals surface area contributed by atoms with Crippen LogP contribution in [0.4, 0.5) is 0 Å². The van der Waals surface area contributed by atoms with Gasteiger partial charge >= 0.3 is 0 Å². The molecule has 15 heavy (non-hydrogen) atoms. The van der Waals surface area contributed by atoms with Gasteiger partial charge in [0.2, 0.25) is 0 Å². The third kappa shape index (κ3) is 2.27. The van der Waals surface area contributed by atoms with Crippen molar-refractivity contribution in [2.24, 2.45) is 0 Å². The maximum Gasteiger partial charge on any atom is 0.190 e. The number of rotatable bonds is 2. The fourth-order valence-corrected chi connectivity index (χ4v) is 1.80. The van der Waals surface area contributed by atoms with Gasteiger partial charge in [-0.25, -0.2) is 0 Å². The molecule has 0 atom stereocenters. The molecule has 1 aliphatic heterocycles. The molecule has 1 aromatic carbocycles. The standard InChI is InChI=1S/C13H15NO/c1-10-4-2-5-11(8-10)13(15)12-6-3-7-14-9-12/h2,4-5,8-9,14H,3,6-7H2,1H3. The van der Waals surface area contributed by atoms with E-state index in [4.69, 9.17) is 0 Å². The van der Waals surface area contributed by atoms with Crippen LogP contribution in [0.2, 0.25) is 0 Å². The van der Waals surface area contributed by atoms with Crippen LogP contribution in [0.3, 0.4) is 0 Å². The Morgan fingerprint density at radius 1 is 1.40 bits per heavy atom. The highest BCUT2D eigenvalue weighted by atomic mass is 16.1. The van der Waals surface area contributed by atoms with E-state index in [1.54, 1.807) is 0 Å². The van der Waals surface area contributed by atoms with Crippen LogP contribution >= 0.6 is 0 Å². The summed E-state index contributed by atoms with van der Waals surface area (Å²) >= 11 is 0. The largest absolute Gasteiger partial charge is 0.391 e. The van der Waals surface area contributed by atoms with Gasteiger partial charge in [0.15, 0.2) is 5.78 Å². The van der Waals surface area contributed by atoms with Crippen molar-refractivity contribution in [3.05, 3.63) is 47.2 Å². The molecule has 0 saturated heterocycles. The van der Waals surface area contributed by atoms with Crippen molar-refractivity contribution < 1.29 is 4.79 Å². The zero-order chi connectivity index (χ0) is 10.7. The van der Waals surface area contributed by atoms with Crippen molar-refractivity contribution in [3.63, 3.8) is 0 Å². The number of nitrogens with one attached hydrogen (secondary N) is 1. The number of hydrogen-bond acceptors (Lipinski definition) is 2. The molecule has 2 nitrogen and oxygen atoms in total. The van der Waals surface area contributed by atoms with Crippen LogP contribution in [-0.4, -0.2) is 12.3 Å². The summed E-state index contributed by atoms with van der Waals surface area (Å²) in [4.78, 5) is 12.0. The number of Topliss-reactive ketones (excluding diaryl/α,β-unsaturated/α-hetero) is 1. The molecule has 0 bridgehead atoms. The van der Waals surface area contributed by atoms with Gasteiger partial charge in [0, 0.05) is 23.9 Å². The second-order valence-corrected chi connectivity index (χ2v) is 3.93. The summed E-state index contributed by atoms with van der Waals surface area (Å²) in [5.41, 5.74) is 2.82. The van der Waals surface area contributed by atoms with Gasteiger partial charge in [-0.05, 0) is 25.8 Å². The van der Waals surface area contributed by atoms with Gasteiger partial charge in [0.25, 0.3) is 0 Å². The van der Waals surface area contributed by atoms with Crippen LogP contribution in [0, 0.1) is 6.92 Å². The van der Waals surface area contributed by atoms with Crippen molar-refractivity contribution in [3.8, 4) is 0 Å². The summed E-state index contributed by atoms with van der Waals surface area (Å²) in [6, 6.07) is 7.76. The molecular weight excluding hydrogens is 186 g/mol. The molecule has 0 fully saturated rings. The molecule has 0 aromatic heterocycles. The Morgan fingerprint density at radius 2 is 2.27 bits per heavy atom. The van der Waals surface area contributed by atoms with E-state index in [2.05, 4.69) is 5.32 Å². The highest BCUT2D eigenvalue weighted by Crippen LogP contribution is 2.15. The average Bonchev–Trinajstić information content (AvgIpc) is 2.29. The molecule has 78 valence electrons. The molecule has 0 aliphatic carbocycles. The third-order valence-electron chi connectivity index (χ3n) is 2.62. The number of aryl methyl sites for hydroxylation is 1. The first kappa shape index (κ1) is 9.97. The predicted octanol–water partition coefficient (Wildman–Crippen LogP) is 2.45. The lowest BCUT2D eigenvalue weighted by atomic mass is 9.98. The second-order valence-electron chi connectivity index (χ2n) is 3.93. The second kappa shape index (κ2) is 4.30. The Bertz CT molecular complexity index is 407. The van der Waals surface area contributed by atoms with E-state index in [0.717, 1.165) is 36.1 Å². The Hall–Kier alpha value is -1.57. The van der Waals surface area contributed by atoms with Crippen molar-refractivity contribution in [1.29, 1.82) is 0 Å². The van der Waals surface area contributed by atoms with Crippen LogP contribution in [0.1, 0.15) is 28.8 Å². The molecule has 0 radical (unpaired) electrons. The van der Waals surface area contributed by atoms with E-state index < -0.39 is 0 Å². The highest BCUT2D eigenvalue weighted by molar-refractivity contribution is 6.08. The molecule has 0 spiro atoms. The van der Waals surface area contributed by atoms with E-state index in [1.165, 1.54) is 0 Å². The SMILES string of the molecule is Cc1cccc(C(=O)C2=CNCCC2)c1. The van der Waals surface area contributed by atoms with Crippen molar-refractivity contribution in [1.82, 2.24) is 5.32 Å². The van der Waals surface area contributed by atoms with E-state index >= 15 is 0 Å². The third-order valence-corrected chi connectivity index (χ3v) is 2.62. The summed E-state index contributed by atoms with van der Waals surface area (Å²) in [7, 11) is 0. The molecule has 2 heteroatoms. The van der Waals surface area contributed by atoms with Crippen molar-refractivity contribution >= 4 is 5.78 Å². The lowest BCUT2D eigenvalue weighted by Gasteiger charge is -2.13. The first-order valence-corrected chi connectivity index (χ1v) is 5.31. The highest BCUT2D eigenvalue weighted by Gasteiger charge is 2.13. The number of ketones is 1. The van der Waals surface area contributed by atoms with Crippen LogP contribution in [-0.2, 0) is 0 Å². The van der Waals surface area contributed by atoms with E-state index in [9.17, 15) is 4.79 Å². The van der Waals surface area contributed by atoms with Crippen LogP contribution < -0.4 is 5.32 Å². The molecule has 0 amide bonds. The number of carbonyl (C=O) groups excluding carboxylic acids is 1. The van der Waals surface area contributed by atoms with Gasteiger partial charge in [-0.15, -0.1) is 0 Å². The fraction of sp³-hybridized carbons (Fsp3) is 0.308. The Morgan fingerprint density at radius 3 is 2.93 bits per heavy atom. The topological polar surface area (TPSA) is 29.1 Å². The van der Waals surface area contributed by atoms with Gasteiger partial charge in [-0.2, -0.15) is 0 Å². The quantitative estimate of drug-likeness (QED) is 0.745. The van der Waals surface area contributed by atoms with Crippen LogP contribution in [0.5, 0.6) is 0 Å². The molecule has 1 aromatic rings. The van der Waals surface area contributed by atoms with E-state index in [-0.39, 0.29) is 5.78 Å². The first-order valence-electron chi connectivity index (χ1n) is 5.31. The zero-order valence-electron chi connectivity index (χ0n) is 8.92. The molecule has 2 rings (SSSR count). The Balaban J connectivity index is 2.24. The first-order chi connectivity index (χ1) is 7.27. The maximum atomic E-state index is 12.0. The van der Waals surface area contributed by atoms with E-state index in [1.807, 2.05) is 37.4 Å². The normalized spacial score (nSPS) is 15.4. The molecule has 1 aliphatic rings. The lowest BCUT2D eigenvalue weighted by Crippen LogP contribution is -2.18. The number of allylic oxidation sites excluding steroid dienone is 1. The van der Waals surface area contributed by atoms with E-state index in [0.29, 0.717) is 0 Å². The van der Waals surface area contributed by atoms with Crippen molar-refractivity contribution in [2.75, 3.05) is 6.54 Å². The summed E-state index contributed by atoms with van der Waals surface area (Å²) in [6.07, 6.45) is 3.79. The minimum absolute atomic E-state index is 0.158. The number of benzene rings is 1. The number of hydrogen-bond donors (Lipinski definition) is 1. The molecule has 1 N–H and O–H groups in total. The molecular formula is C13H15NO. The molecule has 1 heterocycles. The van der Waals surface area contributed by atoms with Crippen LogP contribution in [0.15, 0.2) is 36.0 Å². The van der Waals surface area contributed by atoms with Gasteiger partial charge < -0.3 is 5.32 Å². The summed E-state index contributed by atoms with van der Waals surface area (Å²) in [5.74, 6) is 0.158. The monoisotopic (exact) mass is 201 g/mol. The minimum Gasteiger partial charge on any atom is -0.391 e. The van der Waals surface area contributed by atoms with Gasteiger partial charge in [-0.3, -0.25) is 4.79 Å².